The number of nitrogens with zero attached hydrogens (tertiary/aromatic N) is 1. The number of rotatable bonds is 2. The van der Waals surface area contributed by atoms with Gasteiger partial charge in [-0.1, -0.05) is 6.92 Å². The van der Waals surface area contributed by atoms with Crippen LogP contribution in [0.4, 0.5) is 0 Å². The minimum absolute atomic E-state index is 0.00922. The van der Waals surface area contributed by atoms with Gasteiger partial charge in [-0.05, 0) is 43.6 Å². The van der Waals surface area contributed by atoms with E-state index in [1.54, 1.807) is 16.2 Å². The summed E-state index contributed by atoms with van der Waals surface area (Å²) >= 11 is 1.69. The molecule has 2 atom stereocenters. The van der Waals surface area contributed by atoms with Gasteiger partial charge >= 0.3 is 5.97 Å². The number of esters is 1. The number of ether oxygens (including phenoxy) is 1. The lowest BCUT2D eigenvalue weighted by Gasteiger charge is -2.24. The van der Waals surface area contributed by atoms with E-state index in [4.69, 9.17) is 4.74 Å². The summed E-state index contributed by atoms with van der Waals surface area (Å²) in [4.78, 5) is 27.7. The first-order valence-electron chi connectivity index (χ1n) is 7.60. The molecular weight excluding hydrogens is 286 g/mol. The van der Waals surface area contributed by atoms with Crippen molar-refractivity contribution >= 4 is 23.2 Å². The van der Waals surface area contributed by atoms with Gasteiger partial charge in [0.2, 0.25) is 0 Å². The van der Waals surface area contributed by atoms with Crippen molar-refractivity contribution in [2.24, 2.45) is 5.92 Å². The van der Waals surface area contributed by atoms with Crippen molar-refractivity contribution in [2.45, 2.75) is 45.1 Å². The predicted molar refractivity (Wildman–Crippen MR) is 81.6 cm³/mol. The third kappa shape index (κ3) is 2.59. The molecule has 1 aromatic heterocycles. The molecule has 0 spiro atoms. The quantitative estimate of drug-likeness (QED) is 0.789. The number of methoxy groups -OCH3 is 1. The third-order valence-electron chi connectivity index (χ3n) is 4.62. The van der Waals surface area contributed by atoms with Crippen molar-refractivity contribution in [3.63, 3.8) is 0 Å². The predicted octanol–water partition coefficient (Wildman–Crippen LogP) is 2.65. The average molecular weight is 307 g/mol. The Bertz CT molecular complexity index is 566. The zero-order valence-corrected chi connectivity index (χ0v) is 13.4. The smallest absolute Gasteiger partial charge is 0.328 e. The molecule has 0 bridgehead atoms. The van der Waals surface area contributed by atoms with Crippen LogP contribution in [-0.2, 0) is 22.4 Å². The molecule has 1 aromatic rings. The summed E-state index contributed by atoms with van der Waals surface area (Å²) in [6.45, 7) is 2.91. The molecule has 1 saturated heterocycles. The summed E-state index contributed by atoms with van der Waals surface area (Å²) < 4.78 is 4.83. The minimum atomic E-state index is -0.402. The van der Waals surface area contributed by atoms with E-state index < -0.39 is 6.04 Å². The molecule has 0 N–H and O–H groups in total. The highest BCUT2D eigenvalue weighted by Gasteiger charge is 2.37. The largest absolute Gasteiger partial charge is 0.467 e. The molecule has 0 aromatic carbocycles. The summed E-state index contributed by atoms with van der Waals surface area (Å²) in [6.07, 6.45) is 4.78. The SMILES string of the molecule is COC(=O)C1CCCN1C(=O)c1csc2c1CCC(C)C2. The Morgan fingerprint density at radius 1 is 1.38 bits per heavy atom. The topological polar surface area (TPSA) is 46.6 Å². The van der Waals surface area contributed by atoms with Gasteiger partial charge in [-0.25, -0.2) is 4.79 Å². The van der Waals surface area contributed by atoms with Crippen molar-refractivity contribution in [3.05, 3.63) is 21.4 Å². The number of carbonyl (C=O) groups excluding carboxylic acids is 2. The van der Waals surface area contributed by atoms with Crippen LogP contribution in [-0.4, -0.2) is 36.5 Å². The highest BCUT2D eigenvalue weighted by atomic mass is 32.1. The Hall–Kier alpha value is -1.36. The minimum Gasteiger partial charge on any atom is -0.467 e. The van der Waals surface area contributed by atoms with E-state index in [-0.39, 0.29) is 11.9 Å². The zero-order valence-electron chi connectivity index (χ0n) is 12.6. The third-order valence-corrected chi connectivity index (χ3v) is 5.67. The summed E-state index contributed by atoms with van der Waals surface area (Å²) in [5.41, 5.74) is 2.04. The highest BCUT2D eigenvalue weighted by molar-refractivity contribution is 7.10. The van der Waals surface area contributed by atoms with Crippen LogP contribution in [0.2, 0.25) is 0 Å². The lowest BCUT2D eigenvalue weighted by atomic mass is 9.88. The van der Waals surface area contributed by atoms with E-state index in [0.29, 0.717) is 18.9 Å². The summed E-state index contributed by atoms with van der Waals surface area (Å²) in [5.74, 6) is 0.419. The average Bonchev–Trinajstić information content (AvgIpc) is 3.11. The van der Waals surface area contributed by atoms with E-state index in [2.05, 4.69) is 6.92 Å². The van der Waals surface area contributed by atoms with Crippen LogP contribution in [0.3, 0.4) is 0 Å². The molecule has 2 aliphatic rings. The number of thiophene rings is 1. The first-order chi connectivity index (χ1) is 10.1. The Labute approximate surface area is 129 Å². The second kappa shape index (κ2) is 5.79. The second-order valence-electron chi connectivity index (χ2n) is 6.08. The molecule has 4 nitrogen and oxygen atoms in total. The van der Waals surface area contributed by atoms with Gasteiger partial charge in [-0.3, -0.25) is 4.79 Å². The standard InChI is InChI=1S/C16H21NO3S/c1-10-5-6-11-12(9-21-14(11)8-10)15(18)17-7-3-4-13(17)16(19)20-2/h9-10,13H,3-8H2,1-2H3. The lowest BCUT2D eigenvalue weighted by Crippen LogP contribution is -2.41. The molecular formula is C16H21NO3S. The summed E-state index contributed by atoms with van der Waals surface area (Å²) in [6, 6.07) is -0.402. The molecule has 2 heterocycles. The van der Waals surface area contributed by atoms with E-state index in [9.17, 15) is 9.59 Å². The normalized spacial score (nSPS) is 24.8. The van der Waals surface area contributed by atoms with Gasteiger partial charge in [0, 0.05) is 16.8 Å². The maximum absolute atomic E-state index is 12.8. The molecule has 2 unspecified atom stereocenters. The zero-order chi connectivity index (χ0) is 15.0. The van der Waals surface area contributed by atoms with Gasteiger partial charge in [-0.15, -0.1) is 11.3 Å². The van der Waals surface area contributed by atoms with Crippen LogP contribution >= 0.6 is 11.3 Å². The maximum Gasteiger partial charge on any atom is 0.328 e. The highest BCUT2D eigenvalue weighted by Crippen LogP contribution is 2.34. The Morgan fingerprint density at radius 2 is 2.19 bits per heavy atom. The fraction of sp³-hybridized carbons (Fsp3) is 0.625. The van der Waals surface area contributed by atoms with Crippen molar-refractivity contribution in [2.75, 3.05) is 13.7 Å². The fourth-order valence-electron chi connectivity index (χ4n) is 3.40. The van der Waals surface area contributed by atoms with Crippen LogP contribution in [0, 0.1) is 5.92 Å². The molecule has 1 aliphatic carbocycles. The first-order valence-corrected chi connectivity index (χ1v) is 8.47. The molecule has 21 heavy (non-hydrogen) atoms. The number of carbonyl (C=O) groups is 2. The van der Waals surface area contributed by atoms with Crippen LogP contribution in [0.25, 0.3) is 0 Å². The molecule has 0 radical (unpaired) electrons. The van der Waals surface area contributed by atoms with Crippen molar-refractivity contribution in [1.29, 1.82) is 0 Å². The van der Waals surface area contributed by atoms with Crippen molar-refractivity contribution in [1.82, 2.24) is 4.90 Å². The van der Waals surface area contributed by atoms with E-state index in [1.807, 2.05) is 5.38 Å². The maximum atomic E-state index is 12.8. The second-order valence-corrected chi connectivity index (χ2v) is 7.04. The molecule has 1 aliphatic heterocycles. The number of fused-ring (bicyclic) bond motifs is 1. The molecule has 0 saturated carbocycles. The molecule has 114 valence electrons. The molecule has 5 heteroatoms. The monoisotopic (exact) mass is 307 g/mol. The summed E-state index contributed by atoms with van der Waals surface area (Å²) in [5, 5.41) is 1.98. The lowest BCUT2D eigenvalue weighted by molar-refractivity contribution is -0.145. The number of hydrogen-bond donors (Lipinski definition) is 0. The van der Waals surface area contributed by atoms with Crippen LogP contribution in [0.5, 0.6) is 0 Å². The number of hydrogen-bond acceptors (Lipinski definition) is 4. The molecule has 1 fully saturated rings. The van der Waals surface area contributed by atoms with E-state index >= 15 is 0 Å². The van der Waals surface area contributed by atoms with Crippen molar-refractivity contribution in [3.8, 4) is 0 Å². The van der Waals surface area contributed by atoms with Gasteiger partial charge in [0.25, 0.3) is 5.91 Å². The number of likely N-dealkylation sites (tertiary alicyclic amines) is 1. The Kier molecular flexibility index (Phi) is 4.02. The van der Waals surface area contributed by atoms with Crippen LogP contribution < -0.4 is 0 Å². The van der Waals surface area contributed by atoms with Crippen molar-refractivity contribution < 1.29 is 14.3 Å². The van der Waals surface area contributed by atoms with Gasteiger partial charge in [0.05, 0.1) is 12.7 Å². The van der Waals surface area contributed by atoms with E-state index in [0.717, 1.165) is 31.2 Å². The van der Waals surface area contributed by atoms with Gasteiger partial charge < -0.3 is 9.64 Å². The molecule has 3 rings (SSSR count). The van der Waals surface area contributed by atoms with Crippen LogP contribution in [0.1, 0.15) is 47.0 Å². The molecule has 1 amide bonds. The Morgan fingerprint density at radius 3 is 2.95 bits per heavy atom. The van der Waals surface area contributed by atoms with Crippen LogP contribution in [0.15, 0.2) is 5.38 Å². The van der Waals surface area contributed by atoms with E-state index in [1.165, 1.54) is 17.6 Å². The van der Waals surface area contributed by atoms with Gasteiger partial charge in [0.1, 0.15) is 6.04 Å². The Balaban J connectivity index is 1.84. The summed E-state index contributed by atoms with van der Waals surface area (Å²) in [7, 11) is 1.39. The number of amides is 1. The first kappa shape index (κ1) is 14.6. The fourth-order valence-corrected chi connectivity index (χ4v) is 4.64. The van der Waals surface area contributed by atoms with Gasteiger partial charge in [0.15, 0.2) is 0 Å². The van der Waals surface area contributed by atoms with Gasteiger partial charge in [-0.2, -0.15) is 0 Å².